The van der Waals surface area contributed by atoms with Gasteiger partial charge in [-0.15, -0.1) is 0 Å². The van der Waals surface area contributed by atoms with Crippen LogP contribution in [0.2, 0.25) is 0 Å². The van der Waals surface area contributed by atoms with E-state index in [1.807, 2.05) is 35.0 Å². The number of aromatic nitrogens is 2. The predicted molar refractivity (Wildman–Crippen MR) is 89.2 cm³/mol. The molecule has 2 rings (SSSR count). The Morgan fingerprint density at radius 1 is 1.32 bits per heavy atom. The Bertz CT molecular complexity index is 575. The average molecular weight is 300 g/mol. The zero-order valence-electron chi connectivity index (χ0n) is 13.5. The van der Waals surface area contributed by atoms with Gasteiger partial charge in [0.1, 0.15) is 0 Å². The Kier molecular flexibility index (Phi) is 5.58. The smallest absolute Gasteiger partial charge is 0.251 e. The molecular weight excluding hydrogens is 276 g/mol. The van der Waals surface area contributed by atoms with Crippen molar-refractivity contribution >= 4 is 11.6 Å². The average Bonchev–Trinajstić information content (AvgIpc) is 3.01. The van der Waals surface area contributed by atoms with Crippen molar-refractivity contribution in [2.75, 3.05) is 18.0 Å². The van der Waals surface area contributed by atoms with Gasteiger partial charge in [-0.1, -0.05) is 0 Å². The third-order valence-electron chi connectivity index (χ3n) is 3.64. The minimum absolute atomic E-state index is 0.0424. The van der Waals surface area contributed by atoms with Crippen molar-refractivity contribution in [3.63, 3.8) is 0 Å². The van der Waals surface area contributed by atoms with Crippen LogP contribution in [0, 0.1) is 0 Å². The number of anilines is 1. The highest BCUT2D eigenvalue weighted by atomic mass is 16.1. The molecule has 0 saturated carbocycles. The van der Waals surface area contributed by atoms with Crippen molar-refractivity contribution in [3.8, 4) is 0 Å². The van der Waals surface area contributed by atoms with Crippen LogP contribution < -0.4 is 10.2 Å². The fraction of sp³-hybridized carbons (Fsp3) is 0.412. The van der Waals surface area contributed by atoms with Crippen LogP contribution in [0.5, 0.6) is 0 Å². The molecule has 0 aliphatic carbocycles. The number of hydrogen-bond donors (Lipinski definition) is 1. The van der Waals surface area contributed by atoms with Gasteiger partial charge in [0, 0.05) is 49.3 Å². The van der Waals surface area contributed by atoms with Gasteiger partial charge in [-0.2, -0.15) is 0 Å². The first kappa shape index (κ1) is 16.1. The molecule has 1 amide bonds. The summed E-state index contributed by atoms with van der Waals surface area (Å²) in [6.07, 6.45) is 5.35. The molecule has 0 radical (unpaired) electrons. The number of rotatable bonds is 7. The highest BCUT2D eigenvalue weighted by Gasteiger charge is 2.10. The van der Waals surface area contributed by atoms with E-state index in [1.165, 1.54) is 0 Å². The van der Waals surface area contributed by atoms with Crippen molar-refractivity contribution in [1.29, 1.82) is 0 Å². The van der Waals surface area contributed by atoms with Crippen LogP contribution in [0.15, 0.2) is 43.0 Å². The molecule has 118 valence electrons. The predicted octanol–water partition coefficient (Wildman–Crippen LogP) is 2.55. The lowest BCUT2D eigenvalue weighted by Gasteiger charge is -2.27. The maximum Gasteiger partial charge on any atom is 0.251 e. The van der Waals surface area contributed by atoms with Gasteiger partial charge in [-0.25, -0.2) is 4.98 Å². The van der Waals surface area contributed by atoms with Crippen LogP contribution in [0.4, 0.5) is 5.69 Å². The first-order valence-corrected chi connectivity index (χ1v) is 7.72. The molecule has 0 unspecified atom stereocenters. The first-order valence-electron chi connectivity index (χ1n) is 7.72. The normalized spacial score (nSPS) is 10.7. The van der Waals surface area contributed by atoms with Gasteiger partial charge in [-0.05, 0) is 45.0 Å². The SMILES string of the molecule is CCN(c1ccc(C(=O)NCCn2ccnc2)cc1)C(C)C. The number of nitrogens with one attached hydrogen (secondary N) is 1. The largest absolute Gasteiger partial charge is 0.369 e. The number of carbonyl (C=O) groups excluding carboxylic acids is 1. The summed E-state index contributed by atoms with van der Waals surface area (Å²) >= 11 is 0. The van der Waals surface area contributed by atoms with Crippen LogP contribution in [-0.4, -0.2) is 34.6 Å². The standard InChI is InChI=1S/C17H24N4O/c1-4-21(14(2)3)16-7-5-15(6-8-16)17(22)19-10-12-20-11-9-18-13-20/h5-9,11,13-14H,4,10,12H2,1-3H3,(H,19,22). The van der Waals surface area contributed by atoms with Crippen LogP contribution in [0.3, 0.4) is 0 Å². The Morgan fingerprint density at radius 2 is 2.05 bits per heavy atom. The number of benzene rings is 1. The Labute approximate surface area is 132 Å². The van der Waals surface area contributed by atoms with E-state index in [0.717, 1.165) is 18.8 Å². The van der Waals surface area contributed by atoms with E-state index in [0.29, 0.717) is 18.2 Å². The second-order valence-electron chi connectivity index (χ2n) is 5.48. The zero-order valence-corrected chi connectivity index (χ0v) is 13.5. The molecule has 0 fully saturated rings. The Balaban J connectivity index is 1.90. The molecule has 1 aromatic carbocycles. The summed E-state index contributed by atoms with van der Waals surface area (Å²) in [6.45, 7) is 8.73. The third kappa shape index (κ3) is 4.10. The molecular formula is C17H24N4O. The number of carbonyl (C=O) groups is 1. The molecule has 0 bridgehead atoms. The van der Waals surface area contributed by atoms with Gasteiger partial charge in [0.25, 0.3) is 5.91 Å². The topological polar surface area (TPSA) is 50.2 Å². The Morgan fingerprint density at radius 3 is 2.59 bits per heavy atom. The summed E-state index contributed by atoms with van der Waals surface area (Å²) in [5.41, 5.74) is 1.83. The molecule has 0 aliphatic rings. The second kappa shape index (κ2) is 7.64. The van der Waals surface area contributed by atoms with Crippen molar-refractivity contribution in [1.82, 2.24) is 14.9 Å². The second-order valence-corrected chi connectivity index (χ2v) is 5.48. The van der Waals surface area contributed by atoms with Crippen molar-refractivity contribution in [2.45, 2.75) is 33.4 Å². The first-order chi connectivity index (χ1) is 10.6. The van der Waals surface area contributed by atoms with Crippen LogP contribution in [0.1, 0.15) is 31.1 Å². The number of imidazole rings is 1. The third-order valence-corrected chi connectivity index (χ3v) is 3.64. The van der Waals surface area contributed by atoms with Gasteiger partial charge in [0.05, 0.1) is 6.33 Å². The number of hydrogen-bond acceptors (Lipinski definition) is 3. The van der Waals surface area contributed by atoms with Crippen molar-refractivity contribution in [3.05, 3.63) is 48.5 Å². The van der Waals surface area contributed by atoms with Crippen LogP contribution in [-0.2, 0) is 6.54 Å². The highest BCUT2D eigenvalue weighted by Crippen LogP contribution is 2.17. The molecule has 0 spiro atoms. The molecule has 1 heterocycles. The van der Waals surface area contributed by atoms with Crippen molar-refractivity contribution in [2.24, 2.45) is 0 Å². The van der Waals surface area contributed by atoms with Crippen molar-refractivity contribution < 1.29 is 4.79 Å². The van der Waals surface area contributed by atoms with E-state index in [4.69, 9.17) is 0 Å². The van der Waals surface area contributed by atoms with Gasteiger partial charge in [0.15, 0.2) is 0 Å². The van der Waals surface area contributed by atoms with E-state index in [9.17, 15) is 4.79 Å². The summed E-state index contributed by atoms with van der Waals surface area (Å²) in [5, 5.41) is 2.92. The number of nitrogens with zero attached hydrogens (tertiary/aromatic N) is 3. The van der Waals surface area contributed by atoms with E-state index >= 15 is 0 Å². The molecule has 5 heteroatoms. The molecule has 1 aromatic heterocycles. The lowest BCUT2D eigenvalue weighted by atomic mass is 10.1. The van der Waals surface area contributed by atoms with Gasteiger partial charge < -0.3 is 14.8 Å². The maximum atomic E-state index is 12.1. The molecule has 2 aromatic rings. The zero-order chi connectivity index (χ0) is 15.9. The summed E-state index contributed by atoms with van der Waals surface area (Å²) in [7, 11) is 0. The maximum absolute atomic E-state index is 12.1. The fourth-order valence-electron chi connectivity index (χ4n) is 2.47. The quantitative estimate of drug-likeness (QED) is 0.855. The van der Waals surface area contributed by atoms with E-state index in [-0.39, 0.29) is 5.91 Å². The minimum atomic E-state index is -0.0424. The summed E-state index contributed by atoms with van der Waals surface area (Å²) < 4.78 is 1.94. The summed E-state index contributed by atoms with van der Waals surface area (Å²) in [5.74, 6) is -0.0424. The lowest BCUT2D eigenvalue weighted by molar-refractivity contribution is 0.0952. The molecule has 0 saturated heterocycles. The molecule has 0 atom stereocenters. The minimum Gasteiger partial charge on any atom is -0.369 e. The van der Waals surface area contributed by atoms with Gasteiger partial charge in [0.2, 0.25) is 0 Å². The van der Waals surface area contributed by atoms with E-state index in [2.05, 4.69) is 36.0 Å². The van der Waals surface area contributed by atoms with Gasteiger partial charge >= 0.3 is 0 Å². The lowest BCUT2D eigenvalue weighted by Crippen LogP contribution is -2.30. The summed E-state index contributed by atoms with van der Waals surface area (Å²) in [6, 6.07) is 8.22. The Hall–Kier alpha value is -2.30. The van der Waals surface area contributed by atoms with Crippen LogP contribution >= 0.6 is 0 Å². The molecule has 1 N–H and O–H groups in total. The monoisotopic (exact) mass is 300 g/mol. The molecule has 22 heavy (non-hydrogen) atoms. The number of amides is 1. The van der Waals surface area contributed by atoms with Gasteiger partial charge in [-0.3, -0.25) is 4.79 Å². The van der Waals surface area contributed by atoms with E-state index in [1.54, 1.807) is 12.5 Å². The molecule has 5 nitrogen and oxygen atoms in total. The van der Waals surface area contributed by atoms with E-state index < -0.39 is 0 Å². The molecule has 0 aliphatic heterocycles. The van der Waals surface area contributed by atoms with Crippen LogP contribution in [0.25, 0.3) is 0 Å². The fourth-order valence-corrected chi connectivity index (χ4v) is 2.47. The highest BCUT2D eigenvalue weighted by molar-refractivity contribution is 5.94. The summed E-state index contributed by atoms with van der Waals surface area (Å²) in [4.78, 5) is 18.4.